The molecule has 0 saturated carbocycles. The maximum Gasteiger partial charge on any atom is 0.183 e. The minimum atomic E-state index is 0.0440. The zero-order chi connectivity index (χ0) is 11.8. The van der Waals surface area contributed by atoms with Crippen molar-refractivity contribution in [3.8, 4) is 0 Å². The van der Waals surface area contributed by atoms with E-state index in [0.717, 1.165) is 38.2 Å². The van der Waals surface area contributed by atoms with E-state index in [1.54, 1.807) is 6.08 Å². The summed E-state index contributed by atoms with van der Waals surface area (Å²) in [5.74, 6) is 0.104. The molecule has 0 unspecified atom stereocenters. The van der Waals surface area contributed by atoms with Gasteiger partial charge in [-0.1, -0.05) is 20.4 Å². The molecule has 1 saturated heterocycles. The van der Waals surface area contributed by atoms with E-state index in [1.807, 2.05) is 0 Å². The Bertz CT molecular complexity index is 349. The van der Waals surface area contributed by atoms with Gasteiger partial charge in [-0.05, 0) is 12.0 Å². The van der Waals surface area contributed by atoms with Crippen LogP contribution in [-0.4, -0.2) is 36.9 Å². The molecule has 16 heavy (non-hydrogen) atoms. The fourth-order valence-electron chi connectivity index (χ4n) is 2.56. The van der Waals surface area contributed by atoms with Gasteiger partial charge < -0.3 is 10.2 Å². The fourth-order valence-corrected chi connectivity index (χ4v) is 2.56. The number of hydrogen-bond donors (Lipinski definition) is 1. The van der Waals surface area contributed by atoms with E-state index in [-0.39, 0.29) is 11.2 Å². The van der Waals surface area contributed by atoms with Crippen molar-refractivity contribution in [3.05, 3.63) is 23.9 Å². The van der Waals surface area contributed by atoms with E-state index in [9.17, 15) is 4.79 Å². The number of ketones is 1. The van der Waals surface area contributed by atoms with E-state index < -0.39 is 0 Å². The predicted molar refractivity (Wildman–Crippen MR) is 65.1 cm³/mol. The van der Waals surface area contributed by atoms with Gasteiger partial charge in [-0.15, -0.1) is 0 Å². The lowest BCUT2D eigenvalue weighted by Gasteiger charge is -2.41. The van der Waals surface area contributed by atoms with Crippen LogP contribution >= 0.6 is 0 Å². The fraction of sp³-hybridized carbons (Fsp3) is 0.615. The molecule has 0 aromatic rings. The summed E-state index contributed by atoms with van der Waals surface area (Å²) in [5.41, 5.74) is 1.97. The summed E-state index contributed by atoms with van der Waals surface area (Å²) in [7, 11) is 0. The summed E-state index contributed by atoms with van der Waals surface area (Å²) < 4.78 is 0. The van der Waals surface area contributed by atoms with Gasteiger partial charge in [0, 0.05) is 43.4 Å². The number of nitrogens with one attached hydrogen (secondary N) is 1. The first-order valence-corrected chi connectivity index (χ1v) is 5.91. The Labute approximate surface area is 97.2 Å². The minimum Gasteiger partial charge on any atom is -0.372 e. The van der Waals surface area contributed by atoms with Gasteiger partial charge in [0.15, 0.2) is 5.78 Å². The van der Waals surface area contributed by atoms with Gasteiger partial charge in [0.05, 0.1) is 0 Å². The summed E-state index contributed by atoms with van der Waals surface area (Å²) in [6, 6.07) is 0. The van der Waals surface area contributed by atoms with Crippen LogP contribution in [0.1, 0.15) is 20.3 Å². The van der Waals surface area contributed by atoms with Gasteiger partial charge in [0.1, 0.15) is 0 Å². The highest BCUT2D eigenvalue weighted by molar-refractivity contribution is 6.05. The van der Waals surface area contributed by atoms with Crippen LogP contribution in [0, 0.1) is 5.41 Å². The van der Waals surface area contributed by atoms with Crippen LogP contribution in [-0.2, 0) is 4.79 Å². The molecule has 1 aliphatic heterocycles. The smallest absolute Gasteiger partial charge is 0.183 e. The third-order valence-corrected chi connectivity index (χ3v) is 3.42. The Kier molecular flexibility index (Phi) is 2.89. The minimum absolute atomic E-state index is 0.0440. The summed E-state index contributed by atoms with van der Waals surface area (Å²) in [4.78, 5) is 14.1. The second-order valence-corrected chi connectivity index (χ2v) is 5.30. The molecule has 0 bridgehead atoms. The third-order valence-electron chi connectivity index (χ3n) is 3.42. The van der Waals surface area contributed by atoms with Gasteiger partial charge >= 0.3 is 0 Å². The summed E-state index contributed by atoms with van der Waals surface area (Å²) in [6.07, 6.45) is 2.57. The number of hydrogen-bond acceptors (Lipinski definition) is 3. The van der Waals surface area contributed by atoms with Crippen LogP contribution in [0.5, 0.6) is 0 Å². The van der Waals surface area contributed by atoms with Crippen LogP contribution < -0.4 is 5.32 Å². The molecule has 1 N–H and O–H groups in total. The van der Waals surface area contributed by atoms with Crippen molar-refractivity contribution in [1.82, 2.24) is 10.2 Å². The number of allylic oxidation sites excluding steroid dienone is 3. The van der Waals surface area contributed by atoms with Crippen LogP contribution in [0.4, 0.5) is 0 Å². The second kappa shape index (κ2) is 4.06. The molecule has 1 aliphatic carbocycles. The van der Waals surface area contributed by atoms with E-state index in [0.29, 0.717) is 0 Å². The van der Waals surface area contributed by atoms with Crippen LogP contribution in [0.2, 0.25) is 0 Å². The van der Waals surface area contributed by atoms with Gasteiger partial charge in [-0.25, -0.2) is 0 Å². The molecule has 3 nitrogen and oxygen atoms in total. The zero-order valence-electron chi connectivity index (χ0n) is 10.2. The molecule has 2 aliphatic rings. The van der Waals surface area contributed by atoms with Crippen molar-refractivity contribution in [2.24, 2.45) is 5.41 Å². The molecule has 0 aromatic heterocycles. The first-order valence-electron chi connectivity index (χ1n) is 5.91. The Morgan fingerprint density at radius 1 is 1.38 bits per heavy atom. The molecule has 0 radical (unpaired) electrons. The lowest BCUT2D eigenvalue weighted by atomic mass is 9.76. The van der Waals surface area contributed by atoms with Crippen LogP contribution in [0.3, 0.4) is 0 Å². The number of carbonyl (C=O) groups excluding carboxylic acids is 1. The summed E-state index contributed by atoms with van der Waals surface area (Å²) in [5, 5.41) is 3.33. The van der Waals surface area contributed by atoms with Gasteiger partial charge in [0.2, 0.25) is 0 Å². The number of carbonyl (C=O) groups is 1. The highest BCUT2D eigenvalue weighted by Crippen LogP contribution is 2.39. The highest BCUT2D eigenvalue weighted by atomic mass is 16.1. The maximum atomic E-state index is 11.7. The third kappa shape index (κ3) is 2.05. The van der Waals surface area contributed by atoms with Crippen molar-refractivity contribution in [1.29, 1.82) is 0 Å². The average molecular weight is 220 g/mol. The van der Waals surface area contributed by atoms with Crippen molar-refractivity contribution >= 4 is 5.78 Å². The van der Waals surface area contributed by atoms with E-state index >= 15 is 0 Å². The van der Waals surface area contributed by atoms with E-state index in [2.05, 4.69) is 30.6 Å². The Balaban J connectivity index is 2.26. The van der Waals surface area contributed by atoms with Crippen LogP contribution in [0.15, 0.2) is 23.9 Å². The summed E-state index contributed by atoms with van der Waals surface area (Å²) in [6.45, 7) is 12.2. The quantitative estimate of drug-likeness (QED) is 0.677. The molecule has 0 amide bonds. The van der Waals surface area contributed by atoms with Crippen molar-refractivity contribution in [2.45, 2.75) is 20.3 Å². The van der Waals surface area contributed by atoms with Gasteiger partial charge in [-0.3, -0.25) is 4.79 Å². The Morgan fingerprint density at radius 3 is 2.62 bits per heavy atom. The van der Waals surface area contributed by atoms with Gasteiger partial charge in [0.25, 0.3) is 0 Å². The second-order valence-electron chi connectivity index (χ2n) is 5.30. The summed E-state index contributed by atoms with van der Waals surface area (Å²) >= 11 is 0. The molecule has 2 rings (SSSR count). The van der Waals surface area contributed by atoms with Crippen molar-refractivity contribution < 1.29 is 4.79 Å². The number of rotatable bonds is 1. The molecule has 0 atom stereocenters. The lowest BCUT2D eigenvalue weighted by molar-refractivity contribution is -0.112. The van der Waals surface area contributed by atoms with E-state index in [1.165, 1.54) is 5.70 Å². The molecule has 0 aromatic carbocycles. The topological polar surface area (TPSA) is 32.3 Å². The largest absolute Gasteiger partial charge is 0.372 e. The SMILES string of the molecule is C=C1CC(C)(C)C(N2CCNCC2)=CC1=O. The molecule has 3 heteroatoms. The first-order chi connectivity index (χ1) is 7.50. The predicted octanol–water partition coefficient (Wildman–Crippen LogP) is 1.33. The van der Waals surface area contributed by atoms with Crippen molar-refractivity contribution in [3.63, 3.8) is 0 Å². The molecule has 0 spiro atoms. The molecular formula is C13H20N2O. The van der Waals surface area contributed by atoms with Gasteiger partial charge in [-0.2, -0.15) is 0 Å². The number of nitrogens with zero attached hydrogens (tertiary/aromatic N) is 1. The maximum absolute atomic E-state index is 11.7. The molecule has 1 fully saturated rings. The molecule has 88 valence electrons. The standard InChI is InChI=1S/C13H20N2O/c1-10-9-13(2,3)12(8-11(10)16)15-6-4-14-5-7-15/h8,14H,1,4-7,9H2,2-3H3. The van der Waals surface area contributed by atoms with Crippen molar-refractivity contribution in [2.75, 3.05) is 26.2 Å². The lowest BCUT2D eigenvalue weighted by Crippen LogP contribution is -2.46. The average Bonchev–Trinajstić information content (AvgIpc) is 2.24. The van der Waals surface area contributed by atoms with Crippen LogP contribution in [0.25, 0.3) is 0 Å². The normalized spacial score (nSPS) is 25.6. The highest BCUT2D eigenvalue weighted by Gasteiger charge is 2.34. The zero-order valence-corrected chi connectivity index (χ0v) is 10.2. The van der Waals surface area contributed by atoms with E-state index in [4.69, 9.17) is 0 Å². The molecule has 1 heterocycles. The number of piperazine rings is 1. The monoisotopic (exact) mass is 220 g/mol. The Morgan fingerprint density at radius 2 is 2.00 bits per heavy atom. The first kappa shape index (κ1) is 11.4. The molecular weight excluding hydrogens is 200 g/mol. The Hall–Kier alpha value is -1.09.